The van der Waals surface area contributed by atoms with Gasteiger partial charge in [-0.1, -0.05) is 77.0 Å². The molecule has 0 radical (unpaired) electrons. The molecule has 1 amide bonds. The second-order valence-electron chi connectivity index (χ2n) is 13.1. The molecule has 0 aliphatic carbocycles. The summed E-state index contributed by atoms with van der Waals surface area (Å²) in [5.41, 5.74) is 0. The van der Waals surface area contributed by atoms with Crippen LogP contribution in [0.2, 0.25) is 0 Å². The normalized spacial score (nSPS) is 11.8. The van der Waals surface area contributed by atoms with Crippen LogP contribution in [-0.4, -0.2) is 107 Å². The molecule has 12 nitrogen and oxygen atoms in total. The van der Waals surface area contributed by atoms with Gasteiger partial charge >= 0.3 is 5.97 Å². The molecule has 0 rings (SSSR count). The van der Waals surface area contributed by atoms with Gasteiger partial charge in [-0.2, -0.15) is 0 Å². The minimum Gasteiger partial charge on any atom is -0.481 e. The lowest BCUT2D eigenvalue weighted by atomic mass is 9.97. The standard InChI is InChI=1S/C38H70N2O10/c1-33(41)17-15-13-11-9-7-5-3-4-6-8-10-12-14-16-21-39-32-36(43)31-35(38(45)46)18-19-37(44)40-22-24-48-26-28-50-30-29-49-27-25-47-23-20-34(2)42/h35,39H,3-32H2,1-2H3,(H,40,44)(H,45,46)/t35-/m1/s1. The molecule has 0 aliphatic heterocycles. The first-order chi connectivity index (χ1) is 24.2. The maximum absolute atomic E-state index is 12.3. The second-order valence-corrected chi connectivity index (χ2v) is 13.1. The average molecular weight is 715 g/mol. The third kappa shape index (κ3) is 37.0. The van der Waals surface area contributed by atoms with Crippen LogP contribution in [0.3, 0.4) is 0 Å². The van der Waals surface area contributed by atoms with Crippen LogP contribution in [0.4, 0.5) is 0 Å². The fraction of sp³-hybridized carbons (Fsp3) is 0.868. The zero-order valence-electron chi connectivity index (χ0n) is 31.4. The molecule has 0 saturated carbocycles. The number of nitrogens with one attached hydrogen (secondary N) is 2. The third-order valence-electron chi connectivity index (χ3n) is 8.28. The number of rotatable bonds is 40. The molecular weight excluding hydrogens is 644 g/mol. The van der Waals surface area contributed by atoms with E-state index in [4.69, 9.17) is 18.9 Å². The number of carbonyl (C=O) groups is 5. The van der Waals surface area contributed by atoms with Crippen molar-refractivity contribution in [3.05, 3.63) is 0 Å². The van der Waals surface area contributed by atoms with Crippen LogP contribution >= 0.6 is 0 Å². The van der Waals surface area contributed by atoms with Gasteiger partial charge in [-0.15, -0.1) is 0 Å². The first kappa shape index (κ1) is 47.8. The summed E-state index contributed by atoms with van der Waals surface area (Å²) < 4.78 is 21.5. The van der Waals surface area contributed by atoms with Crippen molar-refractivity contribution in [3.8, 4) is 0 Å². The second kappa shape index (κ2) is 36.5. The molecule has 0 fully saturated rings. The highest BCUT2D eigenvalue weighted by Gasteiger charge is 2.22. The Morgan fingerprint density at radius 1 is 0.520 bits per heavy atom. The minimum atomic E-state index is -1.06. The Kier molecular flexibility index (Phi) is 34.9. The summed E-state index contributed by atoms with van der Waals surface area (Å²) >= 11 is 0. The van der Waals surface area contributed by atoms with Gasteiger partial charge in [0.05, 0.1) is 65.3 Å². The summed E-state index contributed by atoms with van der Waals surface area (Å²) in [6.45, 7) is 7.60. The van der Waals surface area contributed by atoms with E-state index in [0.29, 0.717) is 71.6 Å². The van der Waals surface area contributed by atoms with Gasteiger partial charge in [0, 0.05) is 32.2 Å². The maximum Gasteiger partial charge on any atom is 0.306 e. The molecule has 0 unspecified atom stereocenters. The summed E-state index contributed by atoms with van der Waals surface area (Å²) in [7, 11) is 0. The Balaban J connectivity index is 3.59. The number of Topliss-reactive ketones (excluding diaryl/α,β-unsaturated/α-hetero) is 3. The topological polar surface area (TPSA) is 167 Å². The van der Waals surface area contributed by atoms with Crippen LogP contribution < -0.4 is 10.6 Å². The van der Waals surface area contributed by atoms with E-state index in [0.717, 1.165) is 32.2 Å². The molecule has 0 bridgehead atoms. The predicted molar refractivity (Wildman–Crippen MR) is 194 cm³/mol. The smallest absolute Gasteiger partial charge is 0.306 e. The van der Waals surface area contributed by atoms with Gasteiger partial charge in [0.25, 0.3) is 0 Å². The number of ether oxygens (including phenoxy) is 4. The van der Waals surface area contributed by atoms with Gasteiger partial charge in [-0.3, -0.25) is 19.2 Å². The quantitative estimate of drug-likeness (QED) is 0.0675. The van der Waals surface area contributed by atoms with E-state index >= 15 is 0 Å². The summed E-state index contributed by atoms with van der Waals surface area (Å²) in [5.74, 6) is -1.96. The van der Waals surface area contributed by atoms with Crippen molar-refractivity contribution < 1.29 is 48.0 Å². The number of carboxylic acids is 1. The van der Waals surface area contributed by atoms with E-state index in [1.807, 2.05) is 0 Å². The van der Waals surface area contributed by atoms with Gasteiger partial charge in [-0.05, 0) is 39.7 Å². The van der Waals surface area contributed by atoms with Gasteiger partial charge in [0.15, 0.2) is 0 Å². The highest BCUT2D eigenvalue weighted by molar-refractivity contribution is 5.85. The van der Waals surface area contributed by atoms with Crippen LogP contribution in [0.25, 0.3) is 0 Å². The van der Waals surface area contributed by atoms with E-state index in [-0.39, 0.29) is 43.3 Å². The SMILES string of the molecule is CC(=O)CCCCCCCCCCCCCCCCNCC(=O)C[C@@H](CCC(=O)NCCOCCOCCOCCOCCC(C)=O)C(=O)O. The Bertz CT molecular complexity index is 871. The number of unbranched alkanes of at least 4 members (excludes halogenated alkanes) is 13. The van der Waals surface area contributed by atoms with Gasteiger partial charge in [-0.25, -0.2) is 0 Å². The molecule has 0 aromatic heterocycles. The van der Waals surface area contributed by atoms with Crippen LogP contribution in [0, 0.1) is 5.92 Å². The van der Waals surface area contributed by atoms with Crippen molar-refractivity contribution in [1.82, 2.24) is 10.6 Å². The molecule has 12 heteroatoms. The fourth-order valence-electron chi connectivity index (χ4n) is 5.27. The molecule has 0 aromatic rings. The highest BCUT2D eigenvalue weighted by atomic mass is 16.6. The van der Waals surface area contributed by atoms with Crippen LogP contribution in [0.15, 0.2) is 0 Å². The molecule has 1 atom stereocenters. The van der Waals surface area contributed by atoms with Crippen molar-refractivity contribution in [3.63, 3.8) is 0 Å². The molecule has 0 heterocycles. The van der Waals surface area contributed by atoms with Crippen molar-refractivity contribution in [2.24, 2.45) is 5.92 Å². The fourth-order valence-corrected chi connectivity index (χ4v) is 5.27. The van der Waals surface area contributed by atoms with Crippen molar-refractivity contribution in [2.45, 2.75) is 136 Å². The first-order valence-electron chi connectivity index (χ1n) is 19.2. The van der Waals surface area contributed by atoms with Crippen molar-refractivity contribution >= 4 is 29.2 Å². The molecule has 292 valence electrons. The molecule has 3 N–H and O–H groups in total. The van der Waals surface area contributed by atoms with E-state index in [2.05, 4.69) is 10.6 Å². The van der Waals surface area contributed by atoms with Crippen LogP contribution in [-0.2, 0) is 42.9 Å². The number of ketones is 3. The lowest BCUT2D eigenvalue weighted by molar-refractivity contribution is -0.144. The Labute approximate surface area is 301 Å². The monoisotopic (exact) mass is 715 g/mol. The van der Waals surface area contributed by atoms with Crippen LogP contribution in [0.1, 0.15) is 136 Å². The lowest BCUT2D eigenvalue weighted by Gasteiger charge is -2.12. The van der Waals surface area contributed by atoms with Crippen molar-refractivity contribution in [2.75, 3.05) is 72.5 Å². The molecule has 0 saturated heterocycles. The Hall–Kier alpha value is -2.25. The molecule has 0 aromatic carbocycles. The Morgan fingerprint density at radius 2 is 0.960 bits per heavy atom. The highest BCUT2D eigenvalue weighted by Crippen LogP contribution is 2.14. The Morgan fingerprint density at radius 3 is 1.44 bits per heavy atom. The zero-order chi connectivity index (χ0) is 36.9. The zero-order valence-corrected chi connectivity index (χ0v) is 31.4. The first-order valence-corrected chi connectivity index (χ1v) is 19.2. The third-order valence-corrected chi connectivity index (χ3v) is 8.28. The van der Waals surface area contributed by atoms with Gasteiger partial charge in [0.2, 0.25) is 5.91 Å². The number of aliphatic carboxylic acids is 1. The average Bonchev–Trinajstić information content (AvgIpc) is 3.07. The minimum absolute atomic E-state index is 0.0343. The number of amides is 1. The number of hydrogen-bond acceptors (Lipinski definition) is 10. The van der Waals surface area contributed by atoms with E-state index < -0.39 is 11.9 Å². The molecule has 0 aliphatic rings. The predicted octanol–water partition coefficient (Wildman–Crippen LogP) is 5.62. The summed E-state index contributed by atoms with van der Waals surface area (Å²) in [6, 6.07) is 0. The molecular formula is C38H70N2O10. The number of hydrogen-bond donors (Lipinski definition) is 3. The van der Waals surface area contributed by atoms with Gasteiger partial charge < -0.3 is 39.5 Å². The molecule has 50 heavy (non-hydrogen) atoms. The van der Waals surface area contributed by atoms with Crippen molar-refractivity contribution in [1.29, 1.82) is 0 Å². The number of carbonyl (C=O) groups excluding carboxylic acids is 4. The van der Waals surface area contributed by atoms with E-state index in [1.54, 1.807) is 6.92 Å². The maximum atomic E-state index is 12.3. The lowest BCUT2D eigenvalue weighted by Crippen LogP contribution is -2.30. The van der Waals surface area contributed by atoms with Gasteiger partial charge in [0.1, 0.15) is 17.3 Å². The number of carboxylic acid groups (broad SMARTS) is 1. The van der Waals surface area contributed by atoms with Crippen LogP contribution in [0.5, 0.6) is 0 Å². The van der Waals surface area contributed by atoms with E-state index in [9.17, 15) is 29.1 Å². The molecule has 0 spiro atoms. The van der Waals surface area contributed by atoms with E-state index in [1.165, 1.54) is 77.6 Å². The largest absolute Gasteiger partial charge is 0.481 e. The summed E-state index contributed by atoms with van der Waals surface area (Å²) in [4.78, 5) is 57.9. The summed E-state index contributed by atoms with van der Waals surface area (Å²) in [5, 5.41) is 15.4. The summed E-state index contributed by atoms with van der Waals surface area (Å²) in [6.07, 6.45) is 18.3.